The van der Waals surface area contributed by atoms with Gasteiger partial charge in [-0.1, -0.05) is 13.8 Å². The molecule has 1 N–H and O–H groups in total. The van der Waals surface area contributed by atoms with Crippen molar-refractivity contribution in [2.45, 2.75) is 46.0 Å². The molecule has 2 saturated heterocycles. The standard InChI is InChI=1S/C20H29N3O2/c1-15(2)19(24)21-16-8-9-18(22-10-4-3-5-11-22)17(14-16)20(25)23-12-6-7-13-23/h8-9,14-15H,3-7,10-13H2,1-2H3,(H,21,24). The number of carbonyl (C=O) groups is 2. The average Bonchev–Trinajstić information content (AvgIpc) is 3.16. The van der Waals surface area contributed by atoms with E-state index in [9.17, 15) is 9.59 Å². The number of amides is 2. The molecule has 0 radical (unpaired) electrons. The van der Waals surface area contributed by atoms with Gasteiger partial charge in [-0.15, -0.1) is 0 Å². The van der Waals surface area contributed by atoms with Crippen molar-refractivity contribution >= 4 is 23.2 Å². The van der Waals surface area contributed by atoms with Crippen LogP contribution >= 0.6 is 0 Å². The van der Waals surface area contributed by atoms with Crippen LogP contribution in [0.3, 0.4) is 0 Å². The maximum atomic E-state index is 13.1. The highest BCUT2D eigenvalue weighted by molar-refractivity contribution is 6.02. The van der Waals surface area contributed by atoms with Crippen molar-refractivity contribution in [3.8, 4) is 0 Å². The molecule has 2 fully saturated rings. The van der Waals surface area contributed by atoms with E-state index in [-0.39, 0.29) is 17.7 Å². The van der Waals surface area contributed by atoms with Crippen molar-refractivity contribution < 1.29 is 9.59 Å². The minimum atomic E-state index is -0.0838. The van der Waals surface area contributed by atoms with Crippen LogP contribution in [-0.2, 0) is 4.79 Å². The van der Waals surface area contributed by atoms with Crippen LogP contribution in [0.15, 0.2) is 18.2 Å². The van der Waals surface area contributed by atoms with Crippen molar-refractivity contribution in [2.24, 2.45) is 5.92 Å². The molecule has 5 nitrogen and oxygen atoms in total. The summed E-state index contributed by atoms with van der Waals surface area (Å²) in [6, 6.07) is 5.79. The molecule has 25 heavy (non-hydrogen) atoms. The van der Waals surface area contributed by atoms with Gasteiger partial charge in [0.1, 0.15) is 0 Å². The second kappa shape index (κ2) is 7.89. The van der Waals surface area contributed by atoms with E-state index in [0.29, 0.717) is 5.69 Å². The highest BCUT2D eigenvalue weighted by Crippen LogP contribution is 2.29. The predicted molar refractivity (Wildman–Crippen MR) is 101 cm³/mol. The summed E-state index contributed by atoms with van der Waals surface area (Å²) < 4.78 is 0. The first-order valence-corrected chi connectivity index (χ1v) is 9.55. The Morgan fingerprint density at radius 2 is 1.60 bits per heavy atom. The molecule has 2 aliphatic rings. The van der Waals surface area contributed by atoms with E-state index in [1.807, 2.05) is 36.9 Å². The lowest BCUT2D eigenvalue weighted by Gasteiger charge is -2.31. The Balaban J connectivity index is 1.90. The molecule has 0 spiro atoms. The topological polar surface area (TPSA) is 52.7 Å². The quantitative estimate of drug-likeness (QED) is 0.910. The lowest BCUT2D eigenvalue weighted by Crippen LogP contribution is -2.34. The van der Waals surface area contributed by atoms with E-state index in [1.165, 1.54) is 19.3 Å². The molecule has 3 rings (SSSR count). The van der Waals surface area contributed by atoms with Crippen LogP contribution in [0, 0.1) is 5.92 Å². The van der Waals surface area contributed by atoms with Gasteiger partial charge in [-0.05, 0) is 50.3 Å². The number of carbonyl (C=O) groups excluding carboxylic acids is 2. The van der Waals surface area contributed by atoms with Crippen LogP contribution in [0.2, 0.25) is 0 Å². The van der Waals surface area contributed by atoms with Gasteiger partial charge in [-0.2, -0.15) is 0 Å². The summed E-state index contributed by atoms with van der Waals surface area (Å²) in [5, 5.41) is 2.93. The zero-order chi connectivity index (χ0) is 17.8. The van der Waals surface area contributed by atoms with Gasteiger partial charge in [0.25, 0.3) is 5.91 Å². The molecule has 0 atom stereocenters. The first kappa shape index (κ1) is 17.8. The Hall–Kier alpha value is -2.04. The van der Waals surface area contributed by atoms with E-state index in [0.717, 1.165) is 50.3 Å². The number of piperidine rings is 1. The number of nitrogens with zero attached hydrogens (tertiary/aromatic N) is 2. The zero-order valence-corrected chi connectivity index (χ0v) is 15.4. The first-order chi connectivity index (χ1) is 12.1. The van der Waals surface area contributed by atoms with Crippen LogP contribution < -0.4 is 10.2 Å². The van der Waals surface area contributed by atoms with Gasteiger partial charge in [0.05, 0.1) is 5.56 Å². The summed E-state index contributed by atoms with van der Waals surface area (Å²) in [4.78, 5) is 29.3. The van der Waals surface area contributed by atoms with Gasteiger partial charge >= 0.3 is 0 Å². The van der Waals surface area contributed by atoms with E-state index in [1.54, 1.807) is 0 Å². The van der Waals surface area contributed by atoms with Crippen LogP contribution in [0.5, 0.6) is 0 Å². The second-order valence-electron chi connectivity index (χ2n) is 7.42. The maximum Gasteiger partial charge on any atom is 0.256 e. The molecule has 2 amide bonds. The molecule has 2 heterocycles. The summed E-state index contributed by atoms with van der Waals surface area (Å²) in [6.07, 6.45) is 5.75. The summed E-state index contributed by atoms with van der Waals surface area (Å²) in [5.74, 6) is -0.0106. The van der Waals surface area contributed by atoms with Crippen LogP contribution in [0.1, 0.15) is 56.3 Å². The van der Waals surface area contributed by atoms with Crippen molar-refractivity contribution in [3.63, 3.8) is 0 Å². The Bertz CT molecular complexity index is 630. The fraction of sp³-hybridized carbons (Fsp3) is 0.600. The molecular formula is C20H29N3O2. The molecule has 0 aromatic heterocycles. The number of benzene rings is 1. The lowest BCUT2D eigenvalue weighted by atomic mass is 10.0. The van der Waals surface area contributed by atoms with Crippen LogP contribution in [0.25, 0.3) is 0 Å². The van der Waals surface area contributed by atoms with Gasteiger partial charge in [0.2, 0.25) is 5.91 Å². The molecule has 0 aliphatic carbocycles. The number of hydrogen-bond donors (Lipinski definition) is 1. The van der Waals surface area contributed by atoms with E-state index in [2.05, 4.69) is 10.2 Å². The number of likely N-dealkylation sites (tertiary alicyclic amines) is 1. The number of rotatable bonds is 4. The van der Waals surface area contributed by atoms with Crippen molar-refractivity contribution in [1.82, 2.24) is 4.90 Å². The van der Waals surface area contributed by atoms with Crippen LogP contribution in [0.4, 0.5) is 11.4 Å². The summed E-state index contributed by atoms with van der Waals surface area (Å²) in [5.41, 5.74) is 2.45. The van der Waals surface area contributed by atoms with E-state index < -0.39 is 0 Å². The lowest BCUT2D eigenvalue weighted by molar-refractivity contribution is -0.118. The molecule has 1 aromatic carbocycles. The fourth-order valence-electron chi connectivity index (χ4n) is 3.57. The minimum Gasteiger partial charge on any atom is -0.371 e. The molecule has 5 heteroatoms. The SMILES string of the molecule is CC(C)C(=O)Nc1ccc(N2CCCCC2)c(C(=O)N2CCCC2)c1. The highest BCUT2D eigenvalue weighted by atomic mass is 16.2. The first-order valence-electron chi connectivity index (χ1n) is 9.55. The molecule has 1 aromatic rings. The van der Waals surface area contributed by atoms with Gasteiger partial charge in [0.15, 0.2) is 0 Å². The largest absolute Gasteiger partial charge is 0.371 e. The van der Waals surface area contributed by atoms with Gasteiger partial charge in [-0.25, -0.2) is 0 Å². The Kier molecular flexibility index (Phi) is 5.61. The zero-order valence-electron chi connectivity index (χ0n) is 15.4. The number of hydrogen-bond acceptors (Lipinski definition) is 3. The Labute approximate surface area is 150 Å². The fourth-order valence-corrected chi connectivity index (χ4v) is 3.57. The summed E-state index contributed by atoms with van der Waals surface area (Å²) in [7, 11) is 0. The highest BCUT2D eigenvalue weighted by Gasteiger charge is 2.25. The van der Waals surface area contributed by atoms with Gasteiger partial charge in [-0.3, -0.25) is 9.59 Å². The van der Waals surface area contributed by atoms with Crippen molar-refractivity contribution in [2.75, 3.05) is 36.4 Å². The van der Waals surface area contributed by atoms with Crippen LogP contribution in [-0.4, -0.2) is 42.9 Å². The molecule has 136 valence electrons. The minimum absolute atomic E-state index is 0.0229. The average molecular weight is 343 g/mol. The Morgan fingerprint density at radius 1 is 0.960 bits per heavy atom. The van der Waals surface area contributed by atoms with E-state index >= 15 is 0 Å². The third-order valence-corrected chi connectivity index (χ3v) is 5.11. The summed E-state index contributed by atoms with van der Waals surface area (Å²) in [6.45, 7) is 7.40. The third-order valence-electron chi connectivity index (χ3n) is 5.11. The van der Waals surface area contributed by atoms with Gasteiger partial charge in [0, 0.05) is 43.5 Å². The van der Waals surface area contributed by atoms with E-state index in [4.69, 9.17) is 0 Å². The third kappa shape index (κ3) is 4.14. The molecular weight excluding hydrogens is 314 g/mol. The van der Waals surface area contributed by atoms with Crippen molar-refractivity contribution in [3.05, 3.63) is 23.8 Å². The molecule has 0 unspecified atom stereocenters. The summed E-state index contributed by atoms with van der Waals surface area (Å²) >= 11 is 0. The second-order valence-corrected chi connectivity index (χ2v) is 7.42. The smallest absolute Gasteiger partial charge is 0.256 e. The number of anilines is 2. The Morgan fingerprint density at radius 3 is 2.24 bits per heavy atom. The molecule has 0 bridgehead atoms. The molecule has 0 saturated carbocycles. The van der Waals surface area contributed by atoms with Gasteiger partial charge < -0.3 is 15.1 Å². The monoisotopic (exact) mass is 343 g/mol. The normalized spacial score (nSPS) is 17.9. The van der Waals surface area contributed by atoms with Crippen molar-refractivity contribution in [1.29, 1.82) is 0 Å². The predicted octanol–water partition coefficient (Wildman–Crippen LogP) is 3.51. The maximum absolute atomic E-state index is 13.1. The number of nitrogens with one attached hydrogen (secondary N) is 1. The molecule has 2 aliphatic heterocycles.